The standard InChI is InChI=1S/C17H30N4O5S/c1-16(2,11-22)13-9-14(26-19-13)18-15(23)17(3,4)20(5)12-7-8-21(10-12)27(6,24)25/h9,12,22H,7-8,10-11H2,1-6H3,(H,18,23)/t12-/m1/s1. The lowest BCUT2D eigenvalue weighted by molar-refractivity contribution is -0.126. The van der Waals surface area contributed by atoms with Crippen LogP contribution >= 0.6 is 0 Å². The summed E-state index contributed by atoms with van der Waals surface area (Å²) in [5, 5.41) is 16.1. The van der Waals surface area contributed by atoms with Crippen LogP contribution < -0.4 is 5.32 Å². The van der Waals surface area contributed by atoms with Crippen LogP contribution in [0, 0.1) is 0 Å². The first-order chi connectivity index (χ1) is 12.3. The van der Waals surface area contributed by atoms with Crippen molar-refractivity contribution in [2.24, 2.45) is 0 Å². The van der Waals surface area contributed by atoms with Gasteiger partial charge in [0.05, 0.1) is 24.1 Å². The number of likely N-dealkylation sites (N-methyl/N-ethyl adjacent to an activating group) is 1. The second-order valence-electron chi connectivity index (χ2n) is 8.31. The minimum absolute atomic E-state index is 0.0564. The van der Waals surface area contributed by atoms with Crippen molar-refractivity contribution >= 4 is 21.8 Å². The maximum absolute atomic E-state index is 12.8. The molecule has 0 radical (unpaired) electrons. The van der Waals surface area contributed by atoms with Crippen LogP contribution in [0.1, 0.15) is 39.8 Å². The van der Waals surface area contributed by atoms with Gasteiger partial charge in [0.1, 0.15) is 0 Å². The molecule has 1 aromatic rings. The van der Waals surface area contributed by atoms with Gasteiger partial charge in [-0.05, 0) is 27.3 Å². The van der Waals surface area contributed by atoms with Gasteiger partial charge in [-0.1, -0.05) is 19.0 Å². The SMILES string of the molecule is CN([C@@H]1CCN(S(C)(=O)=O)C1)C(C)(C)C(=O)Nc1cc(C(C)(C)CO)no1. The number of nitrogens with one attached hydrogen (secondary N) is 1. The van der Waals surface area contributed by atoms with Crippen LogP contribution in [0.2, 0.25) is 0 Å². The number of carbonyl (C=O) groups excluding carboxylic acids is 1. The maximum Gasteiger partial charge on any atom is 0.246 e. The Hall–Kier alpha value is -1.49. The minimum atomic E-state index is -3.23. The molecule has 0 bridgehead atoms. The summed E-state index contributed by atoms with van der Waals surface area (Å²) in [6.45, 7) is 7.92. The van der Waals surface area contributed by atoms with Crippen LogP contribution in [0.3, 0.4) is 0 Å². The maximum atomic E-state index is 12.8. The third-order valence-electron chi connectivity index (χ3n) is 5.42. The lowest BCUT2D eigenvalue weighted by atomic mass is 9.91. The Labute approximate surface area is 160 Å². The highest BCUT2D eigenvalue weighted by Gasteiger charge is 2.41. The molecule has 1 saturated heterocycles. The second kappa shape index (κ2) is 7.50. The Morgan fingerprint density at radius 3 is 2.59 bits per heavy atom. The number of aliphatic hydroxyl groups excluding tert-OH is 1. The molecular weight excluding hydrogens is 372 g/mol. The number of nitrogens with zero attached hydrogens (tertiary/aromatic N) is 3. The molecule has 0 spiro atoms. The predicted molar refractivity (Wildman–Crippen MR) is 102 cm³/mol. The van der Waals surface area contributed by atoms with E-state index in [4.69, 9.17) is 4.52 Å². The summed E-state index contributed by atoms with van der Waals surface area (Å²) in [5.74, 6) is -0.0745. The molecule has 1 aliphatic rings. The minimum Gasteiger partial charge on any atom is -0.395 e. The van der Waals surface area contributed by atoms with Crippen LogP contribution in [0.25, 0.3) is 0 Å². The number of rotatable bonds is 7. The van der Waals surface area contributed by atoms with Gasteiger partial charge in [0.2, 0.25) is 21.8 Å². The molecule has 0 aromatic carbocycles. The van der Waals surface area contributed by atoms with Crippen LogP contribution in [0.15, 0.2) is 10.6 Å². The van der Waals surface area contributed by atoms with Crippen molar-refractivity contribution in [3.63, 3.8) is 0 Å². The van der Waals surface area contributed by atoms with E-state index in [9.17, 15) is 18.3 Å². The van der Waals surface area contributed by atoms with Crippen molar-refractivity contribution in [2.45, 2.75) is 51.1 Å². The second-order valence-corrected chi connectivity index (χ2v) is 10.3. The summed E-state index contributed by atoms with van der Waals surface area (Å²) in [6, 6.07) is 1.55. The summed E-state index contributed by atoms with van der Waals surface area (Å²) in [6.07, 6.45) is 1.86. The topological polar surface area (TPSA) is 116 Å². The van der Waals surface area contributed by atoms with Crippen LogP contribution in [0.5, 0.6) is 0 Å². The van der Waals surface area contributed by atoms with E-state index in [-0.39, 0.29) is 24.4 Å². The molecule has 10 heteroatoms. The van der Waals surface area contributed by atoms with Crippen LogP contribution in [-0.2, 0) is 20.2 Å². The highest BCUT2D eigenvalue weighted by molar-refractivity contribution is 7.88. The largest absolute Gasteiger partial charge is 0.395 e. The first-order valence-corrected chi connectivity index (χ1v) is 10.7. The van der Waals surface area contributed by atoms with E-state index in [0.717, 1.165) is 0 Å². The highest BCUT2D eigenvalue weighted by Crippen LogP contribution is 2.27. The molecular formula is C17H30N4O5S. The summed E-state index contributed by atoms with van der Waals surface area (Å²) in [4.78, 5) is 14.7. The normalized spacial score (nSPS) is 19.6. The zero-order chi connectivity index (χ0) is 20.6. The number of hydrogen-bond acceptors (Lipinski definition) is 7. The third kappa shape index (κ3) is 4.68. The number of sulfonamides is 1. The van der Waals surface area contributed by atoms with Crippen LogP contribution in [0.4, 0.5) is 5.88 Å². The van der Waals surface area contributed by atoms with E-state index in [1.165, 1.54) is 10.6 Å². The Morgan fingerprint density at radius 2 is 2.07 bits per heavy atom. The number of amides is 1. The predicted octanol–water partition coefficient (Wildman–Crippen LogP) is 0.627. The summed E-state index contributed by atoms with van der Waals surface area (Å²) in [5.41, 5.74) is -0.916. The number of hydrogen-bond donors (Lipinski definition) is 2. The van der Waals surface area contributed by atoms with E-state index in [1.54, 1.807) is 19.9 Å². The first kappa shape index (κ1) is 21.8. The zero-order valence-electron chi connectivity index (χ0n) is 16.8. The van der Waals surface area contributed by atoms with Crippen molar-refractivity contribution in [1.29, 1.82) is 0 Å². The quantitative estimate of drug-likeness (QED) is 0.687. The van der Waals surface area contributed by atoms with Gasteiger partial charge in [0.15, 0.2) is 0 Å². The van der Waals surface area contributed by atoms with Crippen molar-refractivity contribution in [3.05, 3.63) is 11.8 Å². The van der Waals surface area contributed by atoms with E-state index < -0.39 is 21.0 Å². The number of carbonyl (C=O) groups is 1. The molecule has 2 rings (SSSR count). The van der Waals surface area contributed by atoms with Gasteiger partial charge in [0.25, 0.3) is 0 Å². The molecule has 9 nitrogen and oxygen atoms in total. The highest BCUT2D eigenvalue weighted by atomic mass is 32.2. The van der Waals surface area contributed by atoms with Crippen LogP contribution in [-0.4, -0.2) is 78.4 Å². The van der Waals surface area contributed by atoms with E-state index in [2.05, 4.69) is 10.5 Å². The van der Waals surface area contributed by atoms with Gasteiger partial charge in [0, 0.05) is 30.6 Å². The molecule has 1 atom stereocenters. The lowest BCUT2D eigenvalue weighted by Crippen LogP contribution is -2.55. The number of aliphatic hydroxyl groups is 1. The molecule has 154 valence electrons. The molecule has 1 aromatic heterocycles. The molecule has 2 heterocycles. The molecule has 27 heavy (non-hydrogen) atoms. The summed E-state index contributed by atoms with van der Waals surface area (Å²) in [7, 11) is -1.42. The average molecular weight is 403 g/mol. The molecule has 0 unspecified atom stereocenters. The van der Waals surface area contributed by atoms with Gasteiger partial charge < -0.3 is 9.63 Å². The molecule has 2 N–H and O–H groups in total. The smallest absolute Gasteiger partial charge is 0.246 e. The Morgan fingerprint density at radius 1 is 1.44 bits per heavy atom. The van der Waals surface area contributed by atoms with E-state index in [0.29, 0.717) is 25.2 Å². The zero-order valence-corrected chi connectivity index (χ0v) is 17.6. The Bertz CT molecular complexity index is 787. The fourth-order valence-corrected chi connectivity index (χ4v) is 3.82. The molecule has 1 fully saturated rings. The first-order valence-electron chi connectivity index (χ1n) is 8.86. The molecule has 0 aliphatic carbocycles. The fourth-order valence-electron chi connectivity index (χ4n) is 2.94. The van der Waals surface area contributed by atoms with E-state index in [1.807, 2.05) is 25.8 Å². The summed E-state index contributed by atoms with van der Waals surface area (Å²) >= 11 is 0. The monoisotopic (exact) mass is 402 g/mol. The van der Waals surface area contributed by atoms with Gasteiger partial charge in [-0.3, -0.25) is 15.0 Å². The number of aromatic nitrogens is 1. The van der Waals surface area contributed by atoms with Gasteiger partial charge >= 0.3 is 0 Å². The lowest BCUT2D eigenvalue weighted by Gasteiger charge is -2.38. The van der Waals surface area contributed by atoms with Crippen molar-refractivity contribution in [2.75, 3.05) is 38.3 Å². The van der Waals surface area contributed by atoms with Crippen molar-refractivity contribution in [1.82, 2.24) is 14.4 Å². The third-order valence-corrected chi connectivity index (χ3v) is 6.69. The Kier molecular flexibility index (Phi) is 6.05. The summed E-state index contributed by atoms with van der Waals surface area (Å²) < 4.78 is 30.1. The molecule has 1 amide bonds. The van der Waals surface area contributed by atoms with Gasteiger partial charge in [-0.25, -0.2) is 12.7 Å². The van der Waals surface area contributed by atoms with Gasteiger partial charge in [-0.2, -0.15) is 0 Å². The molecule has 0 saturated carbocycles. The number of anilines is 1. The average Bonchev–Trinajstić information content (AvgIpc) is 3.23. The van der Waals surface area contributed by atoms with Crippen molar-refractivity contribution in [3.8, 4) is 0 Å². The van der Waals surface area contributed by atoms with Gasteiger partial charge in [-0.15, -0.1) is 0 Å². The molecule has 1 aliphatic heterocycles. The van der Waals surface area contributed by atoms with Crippen molar-refractivity contribution < 1.29 is 22.8 Å². The van der Waals surface area contributed by atoms with E-state index >= 15 is 0 Å². The fraction of sp³-hybridized carbons (Fsp3) is 0.765. The Balaban J connectivity index is 2.07.